The Morgan fingerprint density at radius 1 is 1.35 bits per heavy atom. The van der Waals surface area contributed by atoms with Gasteiger partial charge in [-0.25, -0.2) is 4.68 Å². The molecule has 2 aromatic rings. The third kappa shape index (κ3) is 3.32. The van der Waals surface area contributed by atoms with Crippen LogP contribution in [-0.4, -0.2) is 25.1 Å². The molecule has 0 N–H and O–H groups in total. The van der Waals surface area contributed by atoms with Crippen LogP contribution in [0.5, 0.6) is 0 Å². The van der Waals surface area contributed by atoms with Crippen molar-refractivity contribution in [1.29, 1.82) is 5.26 Å². The number of nitro groups is 1. The Hall–Kier alpha value is -2.47. The van der Waals surface area contributed by atoms with Gasteiger partial charge < -0.3 is 0 Å². The van der Waals surface area contributed by atoms with E-state index in [2.05, 4.69) is 15.5 Å². The molecule has 3 rings (SSSR count). The summed E-state index contributed by atoms with van der Waals surface area (Å²) >= 11 is 1.27. The third-order valence-corrected chi connectivity index (χ3v) is 4.91. The Kier molecular flexibility index (Phi) is 4.52. The first-order valence-corrected chi connectivity index (χ1v) is 8.15. The maximum Gasteiger partial charge on any atom is 0.270 e. The molecule has 1 saturated carbocycles. The number of nitro benzene ring substituents is 1. The second kappa shape index (κ2) is 6.75. The number of rotatable bonds is 4. The number of nitriles is 1. The van der Waals surface area contributed by atoms with Crippen molar-refractivity contribution in [3.05, 3.63) is 33.9 Å². The summed E-state index contributed by atoms with van der Waals surface area (Å²) in [4.78, 5) is 10.9. The van der Waals surface area contributed by atoms with E-state index in [0.717, 1.165) is 25.7 Å². The Morgan fingerprint density at radius 2 is 2.13 bits per heavy atom. The van der Waals surface area contributed by atoms with Crippen LogP contribution in [0.3, 0.4) is 0 Å². The summed E-state index contributed by atoms with van der Waals surface area (Å²) in [6.07, 6.45) is 5.65. The summed E-state index contributed by atoms with van der Waals surface area (Å²) < 4.78 is 1.81. The molecule has 0 amide bonds. The van der Waals surface area contributed by atoms with Crippen molar-refractivity contribution < 1.29 is 4.92 Å². The molecule has 0 aliphatic heterocycles. The second-order valence-electron chi connectivity index (χ2n) is 5.35. The summed E-state index contributed by atoms with van der Waals surface area (Å²) in [5.74, 6) is 0. The number of nitrogens with zero attached hydrogens (tertiary/aromatic N) is 6. The van der Waals surface area contributed by atoms with Gasteiger partial charge in [-0.3, -0.25) is 10.1 Å². The lowest BCUT2D eigenvalue weighted by molar-refractivity contribution is -0.384. The van der Waals surface area contributed by atoms with Crippen LogP contribution in [0.25, 0.3) is 0 Å². The average molecular weight is 330 g/mol. The highest BCUT2D eigenvalue weighted by molar-refractivity contribution is 7.99. The molecule has 8 nitrogen and oxygen atoms in total. The molecular weight excluding hydrogens is 316 g/mol. The number of hydrogen-bond donors (Lipinski definition) is 0. The van der Waals surface area contributed by atoms with Gasteiger partial charge in [0.1, 0.15) is 6.07 Å². The van der Waals surface area contributed by atoms with E-state index in [1.807, 2.05) is 10.8 Å². The Balaban J connectivity index is 1.87. The van der Waals surface area contributed by atoms with E-state index in [0.29, 0.717) is 10.1 Å². The fourth-order valence-electron chi connectivity index (χ4n) is 2.71. The molecule has 1 aliphatic rings. The van der Waals surface area contributed by atoms with Gasteiger partial charge in [0.05, 0.1) is 16.5 Å². The van der Waals surface area contributed by atoms with E-state index in [1.54, 1.807) is 6.07 Å². The van der Waals surface area contributed by atoms with E-state index in [9.17, 15) is 15.4 Å². The fourth-order valence-corrected chi connectivity index (χ4v) is 3.62. The van der Waals surface area contributed by atoms with Gasteiger partial charge in [0.25, 0.3) is 5.69 Å². The SMILES string of the molecule is N#Cc1cc([N+](=O)[O-])ccc1Sc1nnnn1C1CCCCC1. The Labute approximate surface area is 136 Å². The average Bonchev–Trinajstić information content (AvgIpc) is 3.04. The summed E-state index contributed by atoms with van der Waals surface area (Å²) in [7, 11) is 0. The number of non-ortho nitro benzene ring substituents is 1. The van der Waals surface area contributed by atoms with Gasteiger partial charge in [0, 0.05) is 17.0 Å². The molecule has 0 radical (unpaired) electrons. The van der Waals surface area contributed by atoms with Crippen LogP contribution in [0.4, 0.5) is 5.69 Å². The van der Waals surface area contributed by atoms with Crippen molar-refractivity contribution in [2.45, 2.75) is 48.2 Å². The minimum atomic E-state index is -0.513. The van der Waals surface area contributed by atoms with Crippen LogP contribution in [0.15, 0.2) is 28.3 Å². The zero-order valence-electron chi connectivity index (χ0n) is 12.3. The van der Waals surface area contributed by atoms with Crippen LogP contribution < -0.4 is 0 Å². The molecule has 23 heavy (non-hydrogen) atoms. The standard InChI is InChI=1S/C14H14N6O2S/c15-9-10-8-12(20(21)22)6-7-13(10)23-14-16-17-18-19(14)11-4-2-1-3-5-11/h6-8,11H,1-5H2. The largest absolute Gasteiger partial charge is 0.270 e. The molecule has 1 heterocycles. The summed E-state index contributed by atoms with van der Waals surface area (Å²) in [6.45, 7) is 0. The number of benzene rings is 1. The molecule has 9 heteroatoms. The van der Waals surface area contributed by atoms with Gasteiger partial charge in [-0.2, -0.15) is 5.26 Å². The zero-order valence-corrected chi connectivity index (χ0v) is 13.1. The lowest BCUT2D eigenvalue weighted by Gasteiger charge is -2.22. The van der Waals surface area contributed by atoms with E-state index < -0.39 is 4.92 Å². The molecular formula is C14H14N6O2S. The highest BCUT2D eigenvalue weighted by atomic mass is 32.2. The summed E-state index contributed by atoms with van der Waals surface area (Å²) in [6, 6.07) is 6.51. The number of tetrazole rings is 1. The first-order chi connectivity index (χ1) is 11.2. The van der Waals surface area contributed by atoms with Gasteiger partial charge in [-0.1, -0.05) is 19.3 Å². The minimum Gasteiger partial charge on any atom is -0.258 e. The molecule has 1 aromatic carbocycles. The lowest BCUT2D eigenvalue weighted by atomic mass is 9.96. The van der Waals surface area contributed by atoms with E-state index in [4.69, 9.17) is 0 Å². The normalized spacial score (nSPS) is 15.3. The molecule has 0 unspecified atom stereocenters. The lowest BCUT2D eigenvalue weighted by Crippen LogP contribution is -2.15. The van der Waals surface area contributed by atoms with Gasteiger partial charge in [0.15, 0.2) is 0 Å². The van der Waals surface area contributed by atoms with Crippen molar-refractivity contribution in [2.24, 2.45) is 0 Å². The van der Waals surface area contributed by atoms with Crippen LogP contribution in [0.1, 0.15) is 43.7 Å². The highest BCUT2D eigenvalue weighted by Gasteiger charge is 2.21. The molecule has 0 spiro atoms. The molecule has 1 aromatic heterocycles. The van der Waals surface area contributed by atoms with E-state index in [-0.39, 0.29) is 17.3 Å². The van der Waals surface area contributed by atoms with Crippen molar-refractivity contribution in [3.63, 3.8) is 0 Å². The molecule has 1 fully saturated rings. The maximum absolute atomic E-state index is 10.8. The van der Waals surface area contributed by atoms with Crippen molar-refractivity contribution >= 4 is 17.4 Å². The Bertz CT molecular complexity index is 763. The van der Waals surface area contributed by atoms with Crippen LogP contribution >= 0.6 is 11.8 Å². The highest BCUT2D eigenvalue weighted by Crippen LogP contribution is 2.34. The van der Waals surface area contributed by atoms with Crippen molar-refractivity contribution in [2.75, 3.05) is 0 Å². The summed E-state index contributed by atoms with van der Waals surface area (Å²) in [5.41, 5.74) is 0.153. The van der Waals surface area contributed by atoms with Gasteiger partial charge in [-0.05, 0) is 41.1 Å². The van der Waals surface area contributed by atoms with Crippen molar-refractivity contribution in [3.8, 4) is 6.07 Å². The predicted octanol–water partition coefficient (Wildman–Crippen LogP) is 3.11. The van der Waals surface area contributed by atoms with Gasteiger partial charge >= 0.3 is 0 Å². The second-order valence-corrected chi connectivity index (χ2v) is 6.36. The first-order valence-electron chi connectivity index (χ1n) is 7.33. The first kappa shape index (κ1) is 15.4. The molecule has 0 bridgehead atoms. The molecule has 118 valence electrons. The zero-order chi connectivity index (χ0) is 16.2. The van der Waals surface area contributed by atoms with Crippen molar-refractivity contribution in [1.82, 2.24) is 20.2 Å². The predicted molar refractivity (Wildman–Crippen MR) is 81.9 cm³/mol. The topological polar surface area (TPSA) is 111 Å². The van der Waals surface area contributed by atoms with Crippen LogP contribution in [0, 0.1) is 21.4 Å². The number of hydrogen-bond acceptors (Lipinski definition) is 7. The van der Waals surface area contributed by atoms with E-state index >= 15 is 0 Å². The Morgan fingerprint density at radius 3 is 2.83 bits per heavy atom. The van der Waals surface area contributed by atoms with E-state index in [1.165, 1.54) is 30.3 Å². The van der Waals surface area contributed by atoms with Gasteiger partial charge in [0.2, 0.25) is 5.16 Å². The quantitative estimate of drug-likeness (QED) is 0.625. The summed E-state index contributed by atoms with van der Waals surface area (Å²) in [5, 5.41) is 32.5. The molecule has 1 aliphatic carbocycles. The molecule has 0 saturated heterocycles. The number of aromatic nitrogens is 4. The molecule has 0 atom stereocenters. The monoisotopic (exact) mass is 330 g/mol. The fraction of sp³-hybridized carbons (Fsp3) is 0.429. The smallest absolute Gasteiger partial charge is 0.258 e. The van der Waals surface area contributed by atoms with Crippen LogP contribution in [-0.2, 0) is 0 Å². The van der Waals surface area contributed by atoms with Gasteiger partial charge in [-0.15, -0.1) is 5.10 Å². The minimum absolute atomic E-state index is 0.0993. The maximum atomic E-state index is 10.8. The third-order valence-electron chi connectivity index (χ3n) is 3.88. The van der Waals surface area contributed by atoms with Crippen LogP contribution in [0.2, 0.25) is 0 Å².